The van der Waals surface area contributed by atoms with E-state index in [1.807, 2.05) is 6.29 Å². The first-order valence-electron chi connectivity index (χ1n) is 7.59. The van der Waals surface area contributed by atoms with Crippen LogP contribution in [0, 0.1) is 20.8 Å². The van der Waals surface area contributed by atoms with Gasteiger partial charge in [0.25, 0.3) is 0 Å². The smallest absolute Gasteiger partial charge is 0 e. The Morgan fingerprint density at radius 1 is 1.10 bits per heavy atom. The molecule has 0 saturated heterocycles. The molecule has 1 unspecified atom stereocenters. The van der Waals surface area contributed by atoms with E-state index in [4.69, 9.17) is 0 Å². The maximum absolute atomic E-state index is 10.3. The molecule has 0 heterocycles. The third-order valence-corrected chi connectivity index (χ3v) is 3.81. The summed E-state index contributed by atoms with van der Waals surface area (Å²) in [6, 6.07) is 0. The monoisotopic (exact) mass is 472 g/mol. The summed E-state index contributed by atoms with van der Waals surface area (Å²) < 4.78 is 0. The van der Waals surface area contributed by atoms with Crippen LogP contribution in [0.25, 0.3) is 0 Å². The number of rotatable bonds is 11. The molecule has 1 aliphatic rings. The third-order valence-electron chi connectivity index (χ3n) is 3.81. The molecule has 0 spiro atoms. The van der Waals surface area contributed by atoms with Gasteiger partial charge in [-0.05, 0) is 25.2 Å². The minimum atomic E-state index is 0. The van der Waals surface area contributed by atoms with Crippen molar-refractivity contribution in [3.8, 4) is 0 Å². The second-order valence-corrected chi connectivity index (χ2v) is 5.31. The van der Waals surface area contributed by atoms with Crippen molar-refractivity contribution >= 4 is 6.29 Å². The minimum absolute atomic E-state index is 0. The summed E-state index contributed by atoms with van der Waals surface area (Å²) in [6.45, 7) is 2.26. The molecule has 0 aromatic carbocycles. The van der Waals surface area contributed by atoms with Gasteiger partial charge in [0.1, 0.15) is 0 Å². The van der Waals surface area contributed by atoms with Crippen molar-refractivity contribution < 1.29 is 25.9 Å². The topological polar surface area (TPSA) is 17.1 Å². The number of unbranched alkanes of at least 4 members (excludes halogenated alkanes) is 5. The van der Waals surface area contributed by atoms with Crippen LogP contribution in [0.15, 0.2) is 23.8 Å². The predicted octanol–water partition coefficient (Wildman–Crippen LogP) is 6.03. The fourth-order valence-corrected chi connectivity index (χ4v) is 2.70. The molecule has 0 aromatic heterocycles. The van der Waals surface area contributed by atoms with Gasteiger partial charge < -0.3 is 19.6 Å². The van der Waals surface area contributed by atoms with Crippen molar-refractivity contribution in [1.82, 2.24) is 0 Å². The molecule has 21 heavy (non-hydrogen) atoms. The van der Waals surface area contributed by atoms with E-state index in [0.717, 1.165) is 19.3 Å². The van der Waals surface area contributed by atoms with E-state index in [1.54, 1.807) is 5.57 Å². The predicted molar refractivity (Wildman–Crippen MR) is 91.1 cm³/mol. The second-order valence-electron chi connectivity index (χ2n) is 5.31. The van der Waals surface area contributed by atoms with Gasteiger partial charge in [-0.2, -0.15) is 6.42 Å². The normalized spacial score (nSPS) is 13.5. The average molecular weight is 473 g/mol. The number of carbonyl (C=O) groups excluding carboxylic acids is 1. The first-order chi connectivity index (χ1) is 8.88. The van der Waals surface area contributed by atoms with E-state index in [0.29, 0.717) is 12.3 Å². The van der Waals surface area contributed by atoms with Crippen LogP contribution < -0.4 is 0 Å². The Balaban J connectivity index is -0.00000108. The Kier molecular flexibility index (Phi) is 22.0. The number of hydrogen-bond donors (Lipinski definition) is 0. The van der Waals surface area contributed by atoms with Gasteiger partial charge in [-0.3, -0.25) is 6.29 Å². The van der Waals surface area contributed by atoms with Gasteiger partial charge in [-0.25, -0.2) is 0 Å². The van der Waals surface area contributed by atoms with Crippen LogP contribution in [0.3, 0.4) is 0 Å². The van der Waals surface area contributed by atoms with Gasteiger partial charge in [0.05, 0.1) is 0 Å². The van der Waals surface area contributed by atoms with E-state index in [2.05, 4.69) is 25.2 Å². The van der Waals surface area contributed by atoms with Crippen molar-refractivity contribution in [2.45, 2.75) is 71.1 Å². The van der Waals surface area contributed by atoms with Crippen molar-refractivity contribution in [3.63, 3.8) is 0 Å². The summed E-state index contributed by atoms with van der Waals surface area (Å²) in [6.07, 6.45) is 20.7. The van der Waals surface area contributed by atoms with E-state index < -0.39 is 0 Å². The zero-order valence-corrected chi connectivity index (χ0v) is 16.4. The van der Waals surface area contributed by atoms with Gasteiger partial charge >= 0.3 is 0 Å². The van der Waals surface area contributed by atoms with Crippen LogP contribution in [-0.4, -0.2) is 6.29 Å². The van der Waals surface area contributed by atoms with Crippen molar-refractivity contribution in [3.05, 3.63) is 38.7 Å². The first kappa shape index (κ1) is 25.8. The van der Waals surface area contributed by atoms with Crippen molar-refractivity contribution in [2.24, 2.45) is 5.92 Å². The molecule has 1 atom stereocenters. The molecule has 0 N–H and O–H groups in total. The van der Waals surface area contributed by atoms with Crippen molar-refractivity contribution in [2.75, 3.05) is 0 Å². The van der Waals surface area contributed by atoms with E-state index in [1.165, 1.54) is 38.5 Å². The summed E-state index contributed by atoms with van der Waals surface area (Å²) >= 11 is 0. The molecule has 1 aliphatic carbocycles. The minimum Gasteiger partial charge on any atom is -0.542 e. The molecule has 0 bridgehead atoms. The Morgan fingerprint density at radius 2 is 1.76 bits per heavy atom. The van der Waals surface area contributed by atoms with Crippen molar-refractivity contribution in [1.29, 1.82) is 0 Å². The van der Waals surface area contributed by atoms with Crippen LogP contribution in [0.1, 0.15) is 71.1 Å². The molecule has 128 valence electrons. The summed E-state index contributed by atoms with van der Waals surface area (Å²) in [5.74, 6) is 0.704. The van der Waals surface area contributed by atoms with Gasteiger partial charge in [0.2, 0.25) is 0 Å². The molecular formula is C19H33OPt-3. The molecule has 0 fully saturated rings. The van der Waals surface area contributed by atoms with Crippen LogP contribution in [0.4, 0.5) is 0 Å². The quantitative estimate of drug-likeness (QED) is 0.265. The summed E-state index contributed by atoms with van der Waals surface area (Å²) in [7, 11) is 0. The zero-order chi connectivity index (χ0) is 13.1. The largest absolute Gasteiger partial charge is 0.542 e. The van der Waals surface area contributed by atoms with Gasteiger partial charge in [-0.15, -0.1) is 0 Å². The third kappa shape index (κ3) is 12.1. The molecule has 0 saturated carbocycles. The van der Waals surface area contributed by atoms with Crippen LogP contribution in [0.2, 0.25) is 0 Å². The van der Waals surface area contributed by atoms with Gasteiger partial charge in [0.15, 0.2) is 0 Å². The molecule has 1 nitrogen and oxygen atoms in total. The van der Waals surface area contributed by atoms with E-state index >= 15 is 0 Å². The van der Waals surface area contributed by atoms with Crippen LogP contribution >= 0.6 is 0 Å². The fraction of sp³-hybridized carbons (Fsp3) is 0.632. The Hall–Kier alpha value is -0.162. The SMILES string of the molecule is CCCCCCCC(CCC[C-]=O)C1=CC=CC1.[CH3-].[CH3-].[Pt]. The molecule has 1 rings (SSSR count). The Morgan fingerprint density at radius 3 is 2.33 bits per heavy atom. The number of hydrogen-bond acceptors (Lipinski definition) is 1. The standard InChI is InChI=1S/C17H27O.2CH3.Pt/c1-2-3-4-5-6-11-16(14-9-10-15-18)17-12-7-8-13-17;;;/h7-8,12,16H,2-6,9-11,13-14H2,1H3;2*1H3;/q3*-1;. The molecule has 0 radical (unpaired) electrons. The van der Waals surface area contributed by atoms with Gasteiger partial charge in [0, 0.05) is 21.1 Å². The average Bonchev–Trinajstić information content (AvgIpc) is 2.90. The molecule has 0 aromatic rings. The second kappa shape index (κ2) is 17.9. The molecular weight excluding hydrogens is 439 g/mol. The zero-order valence-electron chi connectivity index (χ0n) is 14.1. The first-order valence-corrected chi connectivity index (χ1v) is 7.59. The van der Waals surface area contributed by atoms with Gasteiger partial charge in [-0.1, -0.05) is 69.2 Å². The summed E-state index contributed by atoms with van der Waals surface area (Å²) in [5, 5.41) is 0. The van der Waals surface area contributed by atoms with E-state index in [-0.39, 0.29) is 35.9 Å². The van der Waals surface area contributed by atoms with E-state index in [9.17, 15) is 4.79 Å². The molecule has 0 aliphatic heterocycles. The Bertz CT molecular complexity index is 281. The summed E-state index contributed by atoms with van der Waals surface area (Å²) in [5.41, 5.74) is 1.58. The Labute approximate surface area is 147 Å². The summed E-state index contributed by atoms with van der Waals surface area (Å²) in [4.78, 5) is 10.3. The maximum atomic E-state index is 10.3. The molecule has 2 heteroatoms. The number of allylic oxidation sites excluding steroid dienone is 4. The van der Waals surface area contributed by atoms with Crippen LogP contribution in [0.5, 0.6) is 0 Å². The fourth-order valence-electron chi connectivity index (χ4n) is 2.70. The maximum Gasteiger partial charge on any atom is 0 e. The molecule has 0 amide bonds. The van der Waals surface area contributed by atoms with Crippen LogP contribution in [-0.2, 0) is 25.9 Å².